The molecule has 4 aromatic carbocycles. The van der Waals surface area contributed by atoms with Gasteiger partial charge in [-0.1, -0.05) is 84.1 Å². The number of para-hydroxylation sites is 1. The van der Waals surface area contributed by atoms with E-state index in [1.54, 1.807) is 12.1 Å². The highest BCUT2D eigenvalue weighted by atomic mass is 32.2. The van der Waals surface area contributed by atoms with Gasteiger partial charge in [-0.05, 0) is 62.1 Å². The van der Waals surface area contributed by atoms with Gasteiger partial charge in [0.25, 0.3) is 0 Å². The van der Waals surface area contributed by atoms with Gasteiger partial charge >= 0.3 is 0 Å². The first-order valence-electron chi connectivity index (χ1n) is 13.6. The third-order valence-corrected chi connectivity index (χ3v) is 9.02. The van der Waals surface area contributed by atoms with E-state index in [1.165, 1.54) is 55.0 Å². The van der Waals surface area contributed by atoms with Gasteiger partial charge in [0.1, 0.15) is 16.7 Å². The number of fused-ring (bicyclic) bond motifs is 4. The third-order valence-electron chi connectivity index (χ3n) is 7.05. The number of benzene rings is 4. The van der Waals surface area contributed by atoms with E-state index < -0.39 is 10.1 Å². The Labute approximate surface area is 246 Å². The first-order valence-corrected chi connectivity index (χ1v) is 15.8. The van der Waals surface area contributed by atoms with Crippen LogP contribution in [0.4, 0.5) is 5.69 Å². The summed E-state index contributed by atoms with van der Waals surface area (Å²) < 4.78 is 33.5. The topological polar surface area (TPSA) is 64.3 Å². The highest BCUT2D eigenvalue weighted by Gasteiger charge is 2.25. The summed E-state index contributed by atoms with van der Waals surface area (Å²) in [6.45, 7) is 8.16. The van der Waals surface area contributed by atoms with Crippen molar-refractivity contribution in [2.75, 3.05) is 11.4 Å². The molecule has 6 rings (SSSR count). The smallest absolute Gasteiger partial charge is 0.213 e. The van der Waals surface area contributed by atoms with Crippen molar-refractivity contribution in [2.24, 2.45) is 0 Å². The number of thioether (sulfide) groups is 1. The normalized spacial score (nSPS) is 14.0. The number of allylic oxidation sites excluding steroid dienone is 2. The summed E-state index contributed by atoms with van der Waals surface area (Å²) in [6, 6.07) is 29.8. The Balaban J connectivity index is 0.000000259. The summed E-state index contributed by atoms with van der Waals surface area (Å²) in [6.07, 6.45) is 8.85. The first kappa shape index (κ1) is 28.6. The fraction of sp³-hybridized carbons (Fsp3) is 0.147. The summed E-state index contributed by atoms with van der Waals surface area (Å²) >= 11 is 1.86. The van der Waals surface area contributed by atoms with Gasteiger partial charge in [-0.2, -0.15) is 4.57 Å². The Morgan fingerprint density at radius 3 is 2.29 bits per heavy atom. The fourth-order valence-electron chi connectivity index (χ4n) is 4.98. The molecule has 0 saturated carbocycles. The molecule has 41 heavy (non-hydrogen) atoms. The standard InChI is InChI=1S/C27H25N2S.C7H8O3S/c1-3-28-19-18-21(22-12-7-8-14-24(22)28)11-9-15-26-29(4-2)27-23-13-6-5-10-20(23)16-17-25(27)30-26;1-6-2-4-7(5-3-6)11(8,9)10/h5-19H,3-4H2,1-2H3;2-5H,1H3,(H,8,9,10)/q+1;/p-1. The van der Waals surface area contributed by atoms with Crippen molar-refractivity contribution in [3.8, 4) is 0 Å². The number of anilines is 1. The molecule has 0 bridgehead atoms. The number of hydrogen-bond acceptors (Lipinski definition) is 5. The van der Waals surface area contributed by atoms with E-state index in [0.29, 0.717) is 0 Å². The van der Waals surface area contributed by atoms with Crippen molar-refractivity contribution in [2.45, 2.75) is 37.1 Å². The van der Waals surface area contributed by atoms with Gasteiger partial charge in [0.2, 0.25) is 5.52 Å². The molecule has 0 spiro atoms. The minimum atomic E-state index is -4.27. The Hall–Kier alpha value is -3.91. The average molecular weight is 581 g/mol. The van der Waals surface area contributed by atoms with Crippen LogP contribution < -0.4 is 9.47 Å². The predicted octanol–water partition coefficient (Wildman–Crippen LogP) is 7.69. The van der Waals surface area contributed by atoms with Gasteiger partial charge in [0.05, 0.1) is 21.0 Å². The van der Waals surface area contributed by atoms with Gasteiger partial charge in [-0.25, -0.2) is 8.42 Å². The maximum absolute atomic E-state index is 10.4. The molecule has 1 aliphatic rings. The number of hydrogen-bond donors (Lipinski definition) is 0. The number of pyridine rings is 1. The summed E-state index contributed by atoms with van der Waals surface area (Å²) in [5.41, 5.74) is 4.80. The molecule has 7 heteroatoms. The largest absolute Gasteiger partial charge is 0.744 e. The van der Waals surface area contributed by atoms with E-state index in [1.807, 2.05) is 18.7 Å². The predicted molar refractivity (Wildman–Crippen MR) is 169 cm³/mol. The van der Waals surface area contributed by atoms with Gasteiger partial charge in [0.15, 0.2) is 6.20 Å². The van der Waals surface area contributed by atoms with Crippen molar-refractivity contribution in [3.05, 3.63) is 126 Å². The molecular weight excluding hydrogens is 549 g/mol. The van der Waals surface area contributed by atoms with Gasteiger partial charge < -0.3 is 9.45 Å². The van der Waals surface area contributed by atoms with Crippen molar-refractivity contribution in [3.63, 3.8) is 0 Å². The van der Waals surface area contributed by atoms with Crippen LogP contribution in [0.3, 0.4) is 0 Å². The van der Waals surface area contributed by atoms with Gasteiger partial charge in [0, 0.05) is 29.0 Å². The van der Waals surface area contributed by atoms with Crippen LogP contribution in [0, 0.1) is 6.92 Å². The summed E-state index contributed by atoms with van der Waals surface area (Å²) in [5.74, 6) is 0. The molecule has 5 nitrogen and oxygen atoms in total. The second kappa shape index (κ2) is 12.3. The van der Waals surface area contributed by atoms with Crippen molar-refractivity contribution >= 4 is 55.3 Å². The summed E-state index contributed by atoms with van der Waals surface area (Å²) in [7, 11) is -4.27. The van der Waals surface area contributed by atoms with Crippen LogP contribution in [0.2, 0.25) is 0 Å². The zero-order valence-electron chi connectivity index (χ0n) is 23.3. The zero-order valence-corrected chi connectivity index (χ0v) is 25.0. The molecule has 5 aromatic rings. The lowest BCUT2D eigenvalue weighted by molar-refractivity contribution is -0.667. The van der Waals surface area contributed by atoms with Crippen molar-refractivity contribution in [1.82, 2.24) is 0 Å². The lowest BCUT2D eigenvalue weighted by atomic mass is 10.1. The molecule has 0 saturated heterocycles. The zero-order chi connectivity index (χ0) is 29.0. The minimum Gasteiger partial charge on any atom is -0.744 e. The monoisotopic (exact) mass is 580 g/mol. The fourth-order valence-corrected chi connectivity index (χ4v) is 6.61. The van der Waals surface area contributed by atoms with E-state index in [2.05, 4.69) is 114 Å². The molecule has 0 unspecified atom stereocenters. The van der Waals surface area contributed by atoms with Crippen LogP contribution in [0.5, 0.6) is 0 Å². The molecule has 0 aliphatic carbocycles. The van der Waals surface area contributed by atoms with Crippen LogP contribution in [-0.4, -0.2) is 19.5 Å². The average Bonchev–Trinajstić information content (AvgIpc) is 3.35. The van der Waals surface area contributed by atoms with Crippen LogP contribution >= 0.6 is 11.8 Å². The Kier molecular flexibility index (Phi) is 8.59. The Bertz CT molecular complexity index is 1880. The second-order valence-electron chi connectivity index (χ2n) is 9.69. The van der Waals surface area contributed by atoms with Crippen LogP contribution in [0.25, 0.3) is 27.8 Å². The molecule has 1 aliphatic heterocycles. The Morgan fingerprint density at radius 1 is 0.878 bits per heavy atom. The number of rotatable bonds is 5. The lowest BCUT2D eigenvalue weighted by Gasteiger charge is -2.19. The molecular formula is C34H32N2O3S2. The minimum absolute atomic E-state index is 0.178. The van der Waals surface area contributed by atoms with E-state index in [0.717, 1.165) is 18.7 Å². The second-order valence-corrected chi connectivity index (χ2v) is 12.1. The van der Waals surface area contributed by atoms with Crippen molar-refractivity contribution in [1.29, 1.82) is 0 Å². The Morgan fingerprint density at radius 2 is 1.59 bits per heavy atom. The SMILES string of the molecule is CCN1/C(=C\C=C\c2cc[n+](CC)c3ccccc23)Sc2ccc3ccccc3c21.Cc1ccc(S(=O)(=O)[O-])cc1. The van der Waals surface area contributed by atoms with Crippen LogP contribution in [0.1, 0.15) is 25.0 Å². The quantitative estimate of drug-likeness (QED) is 0.158. The van der Waals surface area contributed by atoms with Gasteiger partial charge in [-0.15, -0.1) is 0 Å². The molecule has 208 valence electrons. The molecule has 0 amide bonds. The van der Waals surface area contributed by atoms with E-state index in [4.69, 9.17) is 0 Å². The molecule has 2 heterocycles. The van der Waals surface area contributed by atoms with Crippen LogP contribution in [-0.2, 0) is 16.7 Å². The number of aromatic nitrogens is 1. The van der Waals surface area contributed by atoms with E-state index in [-0.39, 0.29) is 4.90 Å². The number of nitrogens with zero attached hydrogens (tertiary/aromatic N) is 2. The van der Waals surface area contributed by atoms with E-state index in [9.17, 15) is 13.0 Å². The summed E-state index contributed by atoms with van der Waals surface area (Å²) in [4.78, 5) is 3.59. The lowest BCUT2D eigenvalue weighted by Crippen LogP contribution is -2.32. The number of aryl methyl sites for hydroxylation is 2. The van der Waals surface area contributed by atoms with E-state index >= 15 is 0 Å². The molecule has 0 fully saturated rings. The van der Waals surface area contributed by atoms with Crippen LogP contribution in [0.15, 0.2) is 124 Å². The van der Waals surface area contributed by atoms with Crippen molar-refractivity contribution < 1.29 is 17.5 Å². The molecule has 0 radical (unpaired) electrons. The highest BCUT2D eigenvalue weighted by molar-refractivity contribution is 8.03. The maximum atomic E-state index is 10.4. The third kappa shape index (κ3) is 6.22. The summed E-state index contributed by atoms with van der Waals surface area (Å²) in [5, 5.41) is 5.20. The molecule has 0 N–H and O–H groups in total. The highest BCUT2D eigenvalue weighted by Crippen LogP contribution is 2.49. The molecule has 1 aromatic heterocycles. The maximum Gasteiger partial charge on any atom is 0.213 e. The molecule has 0 atom stereocenters. The first-order chi connectivity index (χ1) is 19.8. The van der Waals surface area contributed by atoms with Gasteiger partial charge in [-0.3, -0.25) is 0 Å².